The van der Waals surface area contributed by atoms with E-state index in [4.69, 9.17) is 0 Å². The van der Waals surface area contributed by atoms with E-state index in [1.807, 2.05) is 23.5 Å². The SMILES string of the molecule is O=CSC(=O)CC1SCCCS1. The van der Waals surface area contributed by atoms with Gasteiger partial charge in [0.05, 0.1) is 4.58 Å². The molecule has 1 fully saturated rings. The van der Waals surface area contributed by atoms with E-state index in [1.165, 1.54) is 6.42 Å². The lowest BCUT2D eigenvalue weighted by atomic mass is 10.5. The van der Waals surface area contributed by atoms with E-state index in [9.17, 15) is 9.59 Å². The van der Waals surface area contributed by atoms with E-state index in [2.05, 4.69) is 0 Å². The molecule has 0 aromatic heterocycles. The predicted octanol–water partition coefficient (Wildman–Crippen LogP) is 2.02. The second kappa shape index (κ2) is 5.94. The van der Waals surface area contributed by atoms with Crippen molar-refractivity contribution < 1.29 is 9.59 Å². The van der Waals surface area contributed by atoms with Gasteiger partial charge in [-0.2, -0.15) is 0 Å². The molecule has 0 spiro atoms. The third-order valence-corrected chi connectivity index (χ3v) is 4.88. The Morgan fingerprint density at radius 1 is 1.50 bits per heavy atom. The molecule has 0 unspecified atom stereocenters. The molecule has 1 saturated heterocycles. The maximum atomic E-state index is 11.0. The van der Waals surface area contributed by atoms with Crippen molar-refractivity contribution in [3.63, 3.8) is 0 Å². The van der Waals surface area contributed by atoms with Crippen molar-refractivity contribution in [2.75, 3.05) is 11.5 Å². The Morgan fingerprint density at radius 2 is 2.17 bits per heavy atom. The van der Waals surface area contributed by atoms with Crippen LogP contribution in [0.5, 0.6) is 0 Å². The standard InChI is InChI=1S/C7H10O2S3/c8-5-12-6(9)4-7-10-2-1-3-11-7/h5,7H,1-4H2. The summed E-state index contributed by atoms with van der Waals surface area (Å²) in [6, 6.07) is 0. The highest BCUT2D eigenvalue weighted by atomic mass is 32.2. The van der Waals surface area contributed by atoms with Crippen LogP contribution in [0.3, 0.4) is 0 Å². The summed E-state index contributed by atoms with van der Waals surface area (Å²) >= 11 is 4.44. The smallest absolute Gasteiger partial charge is 0.198 e. The van der Waals surface area contributed by atoms with Crippen LogP contribution in [0.2, 0.25) is 0 Å². The maximum absolute atomic E-state index is 11.0. The van der Waals surface area contributed by atoms with E-state index >= 15 is 0 Å². The first-order valence-corrected chi connectivity index (χ1v) is 6.67. The quantitative estimate of drug-likeness (QED) is 0.682. The van der Waals surface area contributed by atoms with Gasteiger partial charge in [-0.3, -0.25) is 9.59 Å². The molecule has 1 aliphatic rings. The molecule has 0 aromatic carbocycles. The summed E-state index contributed by atoms with van der Waals surface area (Å²) in [5, 5.41) is -0.00287. The van der Waals surface area contributed by atoms with Gasteiger partial charge >= 0.3 is 0 Å². The van der Waals surface area contributed by atoms with Crippen molar-refractivity contribution in [3.8, 4) is 0 Å². The fraction of sp³-hybridized carbons (Fsp3) is 0.714. The third-order valence-electron chi connectivity index (χ3n) is 1.41. The maximum Gasteiger partial charge on any atom is 0.198 e. The van der Waals surface area contributed by atoms with Crippen molar-refractivity contribution in [2.45, 2.75) is 17.4 Å². The lowest BCUT2D eigenvalue weighted by Crippen LogP contribution is -2.10. The number of hydrogen-bond acceptors (Lipinski definition) is 5. The minimum Gasteiger partial charge on any atom is -0.290 e. The van der Waals surface area contributed by atoms with Crippen LogP contribution in [-0.2, 0) is 9.59 Å². The average Bonchev–Trinajstić information content (AvgIpc) is 2.06. The second-order valence-electron chi connectivity index (χ2n) is 2.31. The Kier molecular flexibility index (Phi) is 5.18. The van der Waals surface area contributed by atoms with Crippen LogP contribution in [0.4, 0.5) is 0 Å². The van der Waals surface area contributed by atoms with Gasteiger partial charge in [-0.15, -0.1) is 23.5 Å². The number of thioether (sulfide) groups is 3. The first-order valence-electron chi connectivity index (χ1n) is 3.69. The van der Waals surface area contributed by atoms with Crippen LogP contribution in [-0.4, -0.2) is 26.8 Å². The molecule has 0 bridgehead atoms. The Bertz CT molecular complexity index is 166. The second-order valence-corrected chi connectivity index (χ2v) is 6.12. The molecule has 1 rings (SSSR count). The molecular weight excluding hydrogens is 212 g/mol. The van der Waals surface area contributed by atoms with Gasteiger partial charge in [-0.25, -0.2) is 0 Å². The average molecular weight is 222 g/mol. The van der Waals surface area contributed by atoms with Crippen molar-refractivity contribution >= 4 is 46.0 Å². The molecule has 0 aromatic rings. The van der Waals surface area contributed by atoms with E-state index in [0.717, 1.165) is 23.3 Å². The number of carbonyl (C=O) groups is 2. The fourth-order valence-corrected chi connectivity index (χ4v) is 4.30. The Hall–Kier alpha value is 0.390. The van der Waals surface area contributed by atoms with Crippen molar-refractivity contribution in [1.29, 1.82) is 0 Å². The number of carbonyl (C=O) groups excluding carboxylic acids is 2. The lowest BCUT2D eigenvalue weighted by Gasteiger charge is -2.19. The van der Waals surface area contributed by atoms with Gasteiger partial charge in [0.1, 0.15) is 0 Å². The highest BCUT2D eigenvalue weighted by molar-refractivity contribution is 8.24. The number of hydrogen-bond donors (Lipinski definition) is 0. The van der Waals surface area contributed by atoms with Gasteiger partial charge in [0.2, 0.25) is 0 Å². The van der Waals surface area contributed by atoms with Gasteiger partial charge < -0.3 is 0 Å². The molecule has 0 atom stereocenters. The topological polar surface area (TPSA) is 34.1 Å². The third kappa shape index (κ3) is 3.87. The predicted molar refractivity (Wildman–Crippen MR) is 57.3 cm³/mol. The van der Waals surface area contributed by atoms with E-state index < -0.39 is 0 Å². The summed E-state index contributed by atoms with van der Waals surface area (Å²) < 4.78 is 0.388. The zero-order chi connectivity index (χ0) is 8.81. The Labute approximate surface area is 84.6 Å². The highest BCUT2D eigenvalue weighted by Crippen LogP contribution is 2.33. The molecule has 0 amide bonds. The summed E-state index contributed by atoms with van der Waals surface area (Å²) in [5.74, 6) is 2.30. The minimum atomic E-state index is -0.00287. The molecule has 1 aliphatic heterocycles. The van der Waals surface area contributed by atoms with E-state index in [-0.39, 0.29) is 5.12 Å². The van der Waals surface area contributed by atoms with Gasteiger partial charge in [-0.1, -0.05) is 0 Å². The van der Waals surface area contributed by atoms with Crippen molar-refractivity contribution in [3.05, 3.63) is 0 Å². The first kappa shape index (κ1) is 10.5. The highest BCUT2D eigenvalue weighted by Gasteiger charge is 2.17. The van der Waals surface area contributed by atoms with Crippen LogP contribution in [0.25, 0.3) is 0 Å². The van der Waals surface area contributed by atoms with Crippen LogP contribution >= 0.6 is 35.3 Å². The minimum absolute atomic E-state index is 0.00287. The molecular formula is C7H10O2S3. The molecule has 12 heavy (non-hydrogen) atoms. The van der Waals surface area contributed by atoms with E-state index in [1.54, 1.807) is 0 Å². The number of rotatable bonds is 3. The zero-order valence-electron chi connectivity index (χ0n) is 6.52. The zero-order valence-corrected chi connectivity index (χ0v) is 8.97. The van der Waals surface area contributed by atoms with Gasteiger partial charge in [0.15, 0.2) is 10.7 Å². The molecule has 2 nitrogen and oxygen atoms in total. The summed E-state index contributed by atoms with van der Waals surface area (Å²) in [6.45, 7) is 0. The van der Waals surface area contributed by atoms with Crippen LogP contribution in [0.15, 0.2) is 0 Å². The van der Waals surface area contributed by atoms with Gasteiger partial charge in [0, 0.05) is 6.42 Å². The monoisotopic (exact) mass is 222 g/mol. The summed E-state index contributed by atoms with van der Waals surface area (Å²) in [6.07, 6.45) is 1.76. The molecule has 0 radical (unpaired) electrons. The molecule has 0 aliphatic carbocycles. The molecule has 5 heteroatoms. The fourth-order valence-electron chi connectivity index (χ4n) is 0.892. The van der Waals surface area contributed by atoms with E-state index in [0.29, 0.717) is 16.6 Å². The summed E-state index contributed by atoms with van der Waals surface area (Å²) in [7, 11) is 0. The summed E-state index contributed by atoms with van der Waals surface area (Å²) in [4.78, 5) is 21.0. The van der Waals surface area contributed by atoms with Crippen molar-refractivity contribution in [1.82, 2.24) is 0 Å². The van der Waals surface area contributed by atoms with Crippen LogP contribution < -0.4 is 0 Å². The lowest BCUT2D eigenvalue weighted by molar-refractivity contribution is -0.110. The first-order chi connectivity index (χ1) is 5.83. The van der Waals surface area contributed by atoms with Crippen LogP contribution in [0, 0.1) is 0 Å². The van der Waals surface area contributed by atoms with Crippen LogP contribution in [0.1, 0.15) is 12.8 Å². The largest absolute Gasteiger partial charge is 0.290 e. The molecule has 68 valence electrons. The van der Waals surface area contributed by atoms with Gasteiger partial charge in [-0.05, 0) is 29.7 Å². The van der Waals surface area contributed by atoms with Gasteiger partial charge in [0.25, 0.3) is 0 Å². The molecule has 1 heterocycles. The Balaban J connectivity index is 2.19. The Morgan fingerprint density at radius 3 is 2.75 bits per heavy atom. The molecule has 0 N–H and O–H groups in total. The van der Waals surface area contributed by atoms with Crippen molar-refractivity contribution in [2.24, 2.45) is 0 Å². The normalized spacial score (nSPS) is 19.0. The summed E-state index contributed by atoms with van der Waals surface area (Å²) in [5.41, 5.74) is 0.612. The molecule has 0 saturated carbocycles.